The molecule has 0 spiro atoms. The number of thiol groups is 1. The molecule has 0 atom stereocenters. The fourth-order valence-electron chi connectivity index (χ4n) is 2.14. The van der Waals surface area contributed by atoms with Crippen LogP contribution in [0.2, 0.25) is 0 Å². The maximum absolute atomic E-state index is 5.47. The standard InChI is InChI=1S/C15H17NOS2/c1-2-17-12-7-5-11(6-8-12)15-16-14(10-3-4-10)13(9-18)19-15/h5-8,10,18H,2-4,9H2,1H3. The Morgan fingerprint density at radius 2 is 2.05 bits per heavy atom. The molecule has 3 rings (SSSR count). The van der Waals surface area contributed by atoms with Gasteiger partial charge in [-0.2, -0.15) is 12.6 Å². The molecule has 100 valence electrons. The van der Waals surface area contributed by atoms with E-state index in [2.05, 4.69) is 24.8 Å². The SMILES string of the molecule is CCOc1ccc(-c2nc(C3CC3)c(CS)s2)cc1. The summed E-state index contributed by atoms with van der Waals surface area (Å²) < 4.78 is 5.47. The molecule has 19 heavy (non-hydrogen) atoms. The van der Waals surface area contributed by atoms with E-state index in [4.69, 9.17) is 9.72 Å². The van der Waals surface area contributed by atoms with E-state index in [1.807, 2.05) is 19.1 Å². The summed E-state index contributed by atoms with van der Waals surface area (Å²) in [6.45, 7) is 2.70. The van der Waals surface area contributed by atoms with Gasteiger partial charge in [0.1, 0.15) is 10.8 Å². The van der Waals surface area contributed by atoms with Gasteiger partial charge >= 0.3 is 0 Å². The van der Waals surface area contributed by atoms with Crippen LogP contribution < -0.4 is 4.74 Å². The van der Waals surface area contributed by atoms with E-state index < -0.39 is 0 Å². The molecule has 0 radical (unpaired) electrons. The number of aromatic nitrogens is 1. The summed E-state index contributed by atoms with van der Waals surface area (Å²) in [5.41, 5.74) is 2.45. The molecule has 1 aliphatic rings. The first-order chi connectivity index (χ1) is 9.31. The van der Waals surface area contributed by atoms with Gasteiger partial charge in [-0.25, -0.2) is 4.98 Å². The van der Waals surface area contributed by atoms with Gasteiger partial charge in [-0.1, -0.05) is 0 Å². The Labute approximate surface area is 123 Å². The second-order valence-electron chi connectivity index (χ2n) is 4.72. The van der Waals surface area contributed by atoms with Crippen LogP contribution in [-0.4, -0.2) is 11.6 Å². The van der Waals surface area contributed by atoms with Crippen LogP contribution in [0, 0.1) is 0 Å². The van der Waals surface area contributed by atoms with Gasteiger partial charge in [-0.05, 0) is 44.0 Å². The molecule has 2 nitrogen and oxygen atoms in total. The van der Waals surface area contributed by atoms with Crippen molar-refractivity contribution in [2.75, 3.05) is 6.61 Å². The van der Waals surface area contributed by atoms with Crippen molar-refractivity contribution in [2.45, 2.75) is 31.4 Å². The third-order valence-corrected chi connectivity index (χ3v) is 4.90. The summed E-state index contributed by atoms with van der Waals surface area (Å²) in [6.07, 6.45) is 2.57. The van der Waals surface area contributed by atoms with Crippen LogP contribution in [0.3, 0.4) is 0 Å². The molecule has 0 saturated heterocycles. The van der Waals surface area contributed by atoms with E-state index >= 15 is 0 Å². The Kier molecular flexibility index (Phi) is 3.80. The highest BCUT2D eigenvalue weighted by atomic mass is 32.1. The normalized spacial score (nSPS) is 14.6. The van der Waals surface area contributed by atoms with E-state index in [9.17, 15) is 0 Å². The van der Waals surface area contributed by atoms with Gasteiger partial charge in [0.05, 0.1) is 12.3 Å². The molecule has 1 saturated carbocycles. The first-order valence-electron chi connectivity index (χ1n) is 6.65. The second-order valence-corrected chi connectivity index (χ2v) is 6.12. The van der Waals surface area contributed by atoms with Crippen LogP contribution >= 0.6 is 24.0 Å². The Bertz CT molecular complexity index is 558. The average molecular weight is 291 g/mol. The van der Waals surface area contributed by atoms with Gasteiger partial charge in [0, 0.05) is 22.1 Å². The molecule has 2 aromatic rings. The molecule has 1 fully saturated rings. The van der Waals surface area contributed by atoms with Gasteiger partial charge < -0.3 is 4.74 Å². The topological polar surface area (TPSA) is 22.1 Å². The summed E-state index contributed by atoms with van der Waals surface area (Å²) in [6, 6.07) is 8.19. The highest BCUT2D eigenvalue weighted by Gasteiger charge is 2.29. The molecule has 1 aromatic carbocycles. The van der Waals surface area contributed by atoms with Crippen LogP contribution in [0.1, 0.15) is 36.3 Å². The molecular weight excluding hydrogens is 274 g/mol. The molecule has 1 aromatic heterocycles. The highest BCUT2D eigenvalue weighted by Crippen LogP contribution is 2.44. The van der Waals surface area contributed by atoms with Crippen LogP contribution in [0.15, 0.2) is 24.3 Å². The van der Waals surface area contributed by atoms with E-state index in [-0.39, 0.29) is 0 Å². The minimum absolute atomic E-state index is 0.690. The Hall–Kier alpha value is -1.00. The monoisotopic (exact) mass is 291 g/mol. The fraction of sp³-hybridized carbons (Fsp3) is 0.400. The lowest BCUT2D eigenvalue weighted by Gasteiger charge is -2.02. The molecule has 4 heteroatoms. The molecule has 0 N–H and O–H groups in total. The van der Waals surface area contributed by atoms with Crippen LogP contribution in [0.5, 0.6) is 5.75 Å². The Morgan fingerprint density at radius 1 is 1.32 bits per heavy atom. The number of nitrogens with zero attached hydrogens (tertiary/aromatic N) is 1. The van der Waals surface area contributed by atoms with Crippen molar-refractivity contribution in [2.24, 2.45) is 0 Å². The van der Waals surface area contributed by atoms with Crippen LogP contribution in [0.4, 0.5) is 0 Å². The van der Waals surface area contributed by atoms with E-state index in [0.29, 0.717) is 12.5 Å². The lowest BCUT2D eigenvalue weighted by atomic mass is 10.2. The van der Waals surface area contributed by atoms with Crippen LogP contribution in [0.25, 0.3) is 10.6 Å². The van der Waals surface area contributed by atoms with Crippen molar-refractivity contribution in [3.05, 3.63) is 34.8 Å². The van der Waals surface area contributed by atoms with E-state index in [0.717, 1.165) is 16.5 Å². The molecule has 1 heterocycles. The molecule has 1 aliphatic carbocycles. The smallest absolute Gasteiger partial charge is 0.123 e. The number of hydrogen-bond acceptors (Lipinski definition) is 4. The van der Waals surface area contributed by atoms with Gasteiger partial charge in [0.25, 0.3) is 0 Å². The summed E-state index contributed by atoms with van der Waals surface area (Å²) in [5, 5.41) is 1.11. The van der Waals surface area contributed by atoms with Crippen molar-refractivity contribution in [1.82, 2.24) is 4.98 Å². The van der Waals surface area contributed by atoms with E-state index in [1.54, 1.807) is 11.3 Å². The maximum atomic E-state index is 5.47. The highest BCUT2D eigenvalue weighted by molar-refractivity contribution is 7.79. The van der Waals surface area contributed by atoms with Gasteiger partial charge in [-0.15, -0.1) is 11.3 Å². The largest absolute Gasteiger partial charge is 0.494 e. The summed E-state index contributed by atoms with van der Waals surface area (Å²) in [5.74, 6) is 2.40. The van der Waals surface area contributed by atoms with E-state index in [1.165, 1.54) is 29.0 Å². The first-order valence-corrected chi connectivity index (χ1v) is 8.10. The summed E-state index contributed by atoms with van der Waals surface area (Å²) in [7, 11) is 0. The minimum atomic E-state index is 0.690. The summed E-state index contributed by atoms with van der Waals surface area (Å²) in [4.78, 5) is 6.15. The predicted molar refractivity (Wildman–Crippen MR) is 83.4 cm³/mol. The number of hydrogen-bond donors (Lipinski definition) is 1. The average Bonchev–Trinajstić information content (AvgIpc) is 3.19. The molecular formula is C15H17NOS2. The Morgan fingerprint density at radius 3 is 2.63 bits per heavy atom. The number of benzene rings is 1. The molecule has 0 amide bonds. The number of ether oxygens (including phenoxy) is 1. The van der Waals surface area contributed by atoms with Crippen molar-refractivity contribution < 1.29 is 4.74 Å². The summed E-state index contributed by atoms with van der Waals surface area (Å²) >= 11 is 6.19. The fourth-order valence-corrected chi connectivity index (χ4v) is 3.50. The second kappa shape index (κ2) is 5.55. The maximum Gasteiger partial charge on any atom is 0.123 e. The van der Waals surface area contributed by atoms with Crippen molar-refractivity contribution in [3.63, 3.8) is 0 Å². The first kappa shape index (κ1) is 13.0. The third kappa shape index (κ3) is 2.79. The number of thiazole rings is 1. The van der Waals surface area contributed by atoms with Gasteiger partial charge in [0.2, 0.25) is 0 Å². The van der Waals surface area contributed by atoms with Crippen molar-refractivity contribution in [3.8, 4) is 16.3 Å². The lowest BCUT2D eigenvalue weighted by molar-refractivity contribution is 0.340. The number of rotatable bonds is 5. The molecule has 0 bridgehead atoms. The van der Waals surface area contributed by atoms with Crippen molar-refractivity contribution >= 4 is 24.0 Å². The molecule has 0 unspecified atom stereocenters. The van der Waals surface area contributed by atoms with Crippen molar-refractivity contribution in [1.29, 1.82) is 0 Å². The lowest BCUT2D eigenvalue weighted by Crippen LogP contribution is -1.90. The van der Waals surface area contributed by atoms with Crippen LogP contribution in [-0.2, 0) is 5.75 Å². The third-order valence-electron chi connectivity index (χ3n) is 3.25. The molecule has 0 aliphatic heterocycles. The van der Waals surface area contributed by atoms with Gasteiger partial charge in [-0.3, -0.25) is 0 Å². The zero-order valence-corrected chi connectivity index (χ0v) is 12.6. The van der Waals surface area contributed by atoms with Gasteiger partial charge in [0.15, 0.2) is 0 Å². The zero-order chi connectivity index (χ0) is 13.2. The minimum Gasteiger partial charge on any atom is -0.494 e. The zero-order valence-electron chi connectivity index (χ0n) is 10.9. The Balaban J connectivity index is 1.88. The predicted octanol–water partition coefficient (Wildman–Crippen LogP) is 4.52. The quantitative estimate of drug-likeness (QED) is 0.818.